The molecule has 2 fully saturated rings. The van der Waals surface area contributed by atoms with Crippen LogP contribution in [0.5, 0.6) is 0 Å². The minimum absolute atomic E-state index is 0.118. The van der Waals surface area contributed by atoms with Gasteiger partial charge in [-0.3, -0.25) is 14.4 Å². The Morgan fingerprint density at radius 1 is 1.30 bits per heavy atom. The Balaban J connectivity index is 1.52. The molecular formula is C17H28N4O2. The number of carbonyl (C=O) groups excluding carboxylic acids is 1. The molecular weight excluding hydrogens is 292 g/mol. The molecule has 0 bridgehead atoms. The normalized spacial score (nSPS) is 25.2. The maximum atomic E-state index is 12.3. The molecule has 2 saturated heterocycles. The number of hydrogen-bond acceptors (Lipinski definition) is 4. The van der Waals surface area contributed by atoms with Crippen molar-refractivity contribution >= 4 is 5.91 Å². The minimum atomic E-state index is 0.118. The molecule has 6 nitrogen and oxygen atoms in total. The number of carbonyl (C=O) groups is 1. The summed E-state index contributed by atoms with van der Waals surface area (Å²) in [6, 6.07) is 0.486. The number of aryl methyl sites for hydroxylation is 2. The van der Waals surface area contributed by atoms with E-state index in [4.69, 9.17) is 4.74 Å². The van der Waals surface area contributed by atoms with Crippen molar-refractivity contribution < 1.29 is 9.53 Å². The van der Waals surface area contributed by atoms with Crippen molar-refractivity contribution in [1.29, 1.82) is 0 Å². The zero-order valence-corrected chi connectivity index (χ0v) is 14.5. The number of nitrogens with one attached hydrogen (secondary N) is 1. The fourth-order valence-corrected chi connectivity index (χ4v) is 3.81. The molecule has 2 aliphatic rings. The molecule has 128 valence electrons. The van der Waals surface area contributed by atoms with Gasteiger partial charge >= 0.3 is 0 Å². The second kappa shape index (κ2) is 7.01. The third-order valence-corrected chi connectivity index (χ3v) is 5.27. The van der Waals surface area contributed by atoms with Crippen LogP contribution < -0.4 is 5.32 Å². The summed E-state index contributed by atoms with van der Waals surface area (Å²) in [5.74, 6) is 0.118. The van der Waals surface area contributed by atoms with Crippen LogP contribution in [-0.2, 0) is 23.0 Å². The molecule has 0 radical (unpaired) electrons. The van der Waals surface area contributed by atoms with E-state index in [1.165, 1.54) is 18.4 Å². The summed E-state index contributed by atoms with van der Waals surface area (Å²) in [4.78, 5) is 14.8. The highest BCUT2D eigenvalue weighted by molar-refractivity contribution is 5.76. The molecule has 2 aliphatic heterocycles. The van der Waals surface area contributed by atoms with Crippen LogP contribution in [0, 0.1) is 13.8 Å². The van der Waals surface area contributed by atoms with Gasteiger partial charge in [0.1, 0.15) is 0 Å². The largest absolute Gasteiger partial charge is 0.378 e. The Bertz CT molecular complexity index is 563. The molecule has 0 aromatic carbocycles. The molecule has 1 amide bonds. The smallest absolute Gasteiger partial charge is 0.220 e. The van der Waals surface area contributed by atoms with Crippen LogP contribution >= 0.6 is 0 Å². The molecule has 1 aromatic rings. The summed E-state index contributed by atoms with van der Waals surface area (Å²) >= 11 is 0. The van der Waals surface area contributed by atoms with Gasteiger partial charge in [-0.15, -0.1) is 0 Å². The molecule has 0 saturated carbocycles. The predicted molar refractivity (Wildman–Crippen MR) is 88.3 cm³/mol. The number of rotatable bonds is 5. The zero-order chi connectivity index (χ0) is 16.4. The van der Waals surface area contributed by atoms with E-state index in [0.29, 0.717) is 19.1 Å². The number of hydrogen-bond donors (Lipinski definition) is 1. The Kier molecular flexibility index (Phi) is 5.02. The molecule has 0 spiro atoms. The number of likely N-dealkylation sites (tertiary alicyclic amines) is 1. The number of aromatic nitrogens is 2. The van der Waals surface area contributed by atoms with E-state index in [1.54, 1.807) is 0 Å². The van der Waals surface area contributed by atoms with Gasteiger partial charge in [0.15, 0.2) is 0 Å². The summed E-state index contributed by atoms with van der Waals surface area (Å²) in [6.45, 7) is 7.71. The SMILES string of the molecule is Cc1nn(C)c(C)c1CCC(=O)N[C@H]1COC[C@@H]1N1CCCC1. The van der Waals surface area contributed by atoms with E-state index < -0.39 is 0 Å². The summed E-state index contributed by atoms with van der Waals surface area (Å²) in [7, 11) is 1.95. The highest BCUT2D eigenvalue weighted by Gasteiger charge is 2.35. The molecule has 2 atom stereocenters. The molecule has 23 heavy (non-hydrogen) atoms. The average Bonchev–Trinajstić information content (AvgIpc) is 3.21. The van der Waals surface area contributed by atoms with Crippen molar-refractivity contribution in [3.63, 3.8) is 0 Å². The lowest BCUT2D eigenvalue weighted by Crippen LogP contribution is -2.50. The standard InChI is InChI=1S/C17H28N4O2/c1-12-14(13(2)20(3)19-12)6-7-17(22)18-15-10-23-11-16(15)21-8-4-5-9-21/h15-16H,4-11H2,1-3H3,(H,18,22)/t15-,16-/m0/s1. The van der Waals surface area contributed by atoms with Crippen molar-refractivity contribution in [2.75, 3.05) is 26.3 Å². The van der Waals surface area contributed by atoms with Crippen molar-refractivity contribution in [3.05, 3.63) is 17.0 Å². The Labute approximate surface area is 138 Å². The third kappa shape index (κ3) is 3.58. The quantitative estimate of drug-likeness (QED) is 0.877. The van der Waals surface area contributed by atoms with Gasteiger partial charge in [0.25, 0.3) is 0 Å². The van der Waals surface area contributed by atoms with Crippen molar-refractivity contribution in [1.82, 2.24) is 20.0 Å². The maximum Gasteiger partial charge on any atom is 0.220 e. The van der Waals surface area contributed by atoms with Gasteiger partial charge in [-0.1, -0.05) is 0 Å². The van der Waals surface area contributed by atoms with Crippen LogP contribution in [0.3, 0.4) is 0 Å². The lowest BCUT2D eigenvalue weighted by Gasteiger charge is -2.27. The van der Waals surface area contributed by atoms with E-state index in [0.717, 1.165) is 37.5 Å². The van der Waals surface area contributed by atoms with Gasteiger partial charge in [-0.25, -0.2) is 0 Å². The fraction of sp³-hybridized carbons (Fsp3) is 0.765. The van der Waals surface area contributed by atoms with Gasteiger partial charge in [0.2, 0.25) is 5.91 Å². The molecule has 6 heteroatoms. The minimum Gasteiger partial charge on any atom is -0.378 e. The monoisotopic (exact) mass is 320 g/mol. The number of nitrogens with zero attached hydrogens (tertiary/aromatic N) is 3. The first-order valence-electron chi connectivity index (χ1n) is 8.66. The van der Waals surface area contributed by atoms with E-state index in [2.05, 4.69) is 22.2 Å². The zero-order valence-electron chi connectivity index (χ0n) is 14.5. The Morgan fingerprint density at radius 2 is 2.04 bits per heavy atom. The summed E-state index contributed by atoms with van der Waals surface area (Å²) in [5.41, 5.74) is 3.37. The topological polar surface area (TPSA) is 59.4 Å². The third-order valence-electron chi connectivity index (χ3n) is 5.27. The molecule has 0 aliphatic carbocycles. The van der Waals surface area contributed by atoms with E-state index >= 15 is 0 Å². The molecule has 3 heterocycles. The molecule has 3 rings (SSSR count). The van der Waals surface area contributed by atoms with Crippen molar-refractivity contribution in [2.24, 2.45) is 7.05 Å². The van der Waals surface area contributed by atoms with Crippen LogP contribution in [-0.4, -0.2) is 59.0 Å². The first-order chi connectivity index (χ1) is 11.1. The summed E-state index contributed by atoms with van der Waals surface area (Å²) in [6.07, 6.45) is 3.78. The molecule has 0 unspecified atom stereocenters. The second-order valence-corrected chi connectivity index (χ2v) is 6.79. The van der Waals surface area contributed by atoms with E-state index in [-0.39, 0.29) is 11.9 Å². The highest BCUT2D eigenvalue weighted by Crippen LogP contribution is 2.19. The average molecular weight is 320 g/mol. The molecule has 1 aromatic heterocycles. The van der Waals surface area contributed by atoms with Crippen LogP contribution in [0.2, 0.25) is 0 Å². The van der Waals surface area contributed by atoms with Gasteiger partial charge in [0.05, 0.1) is 31.0 Å². The van der Waals surface area contributed by atoms with Crippen LogP contribution in [0.15, 0.2) is 0 Å². The fourth-order valence-electron chi connectivity index (χ4n) is 3.81. The maximum absolute atomic E-state index is 12.3. The number of amides is 1. The highest BCUT2D eigenvalue weighted by atomic mass is 16.5. The van der Waals surface area contributed by atoms with Crippen molar-refractivity contribution in [2.45, 2.75) is 51.6 Å². The lowest BCUT2D eigenvalue weighted by atomic mass is 10.1. The Hall–Kier alpha value is -1.40. The van der Waals surface area contributed by atoms with Gasteiger partial charge < -0.3 is 10.1 Å². The number of ether oxygens (including phenoxy) is 1. The van der Waals surface area contributed by atoms with E-state index in [1.807, 2.05) is 18.7 Å². The first-order valence-corrected chi connectivity index (χ1v) is 8.66. The summed E-state index contributed by atoms with van der Waals surface area (Å²) < 4.78 is 7.50. The van der Waals surface area contributed by atoms with Gasteiger partial charge in [-0.05, 0) is 51.8 Å². The molecule has 1 N–H and O–H groups in total. The Morgan fingerprint density at radius 3 is 2.70 bits per heavy atom. The van der Waals surface area contributed by atoms with Crippen LogP contribution in [0.4, 0.5) is 0 Å². The van der Waals surface area contributed by atoms with Gasteiger partial charge in [0, 0.05) is 19.2 Å². The van der Waals surface area contributed by atoms with Crippen LogP contribution in [0.1, 0.15) is 36.2 Å². The second-order valence-electron chi connectivity index (χ2n) is 6.79. The van der Waals surface area contributed by atoms with Crippen molar-refractivity contribution in [3.8, 4) is 0 Å². The predicted octanol–water partition coefficient (Wildman–Crippen LogP) is 0.949. The van der Waals surface area contributed by atoms with Crippen LogP contribution in [0.25, 0.3) is 0 Å². The first kappa shape index (κ1) is 16.5. The van der Waals surface area contributed by atoms with Gasteiger partial charge in [-0.2, -0.15) is 5.10 Å². The summed E-state index contributed by atoms with van der Waals surface area (Å²) in [5, 5.41) is 7.60. The lowest BCUT2D eigenvalue weighted by molar-refractivity contribution is -0.122. The van der Waals surface area contributed by atoms with E-state index in [9.17, 15) is 4.79 Å².